The molecule has 5 nitrogen and oxygen atoms in total. The molecule has 0 saturated carbocycles. The Hall–Kier alpha value is -0.770. The molecule has 0 aromatic rings. The van der Waals surface area contributed by atoms with Crippen molar-refractivity contribution >= 4 is 0 Å². The number of hydrogen-bond acceptors (Lipinski definition) is 3. The molecule has 0 aliphatic heterocycles. The third kappa shape index (κ3) is 19.4. The largest absolute Gasteiger partial charge is 0.396 e. The Kier molecular flexibility index (Phi) is 20.6. The molecule has 0 unspecified atom stereocenters. The summed E-state index contributed by atoms with van der Waals surface area (Å²) >= 11 is 0. The fourth-order valence-corrected chi connectivity index (χ4v) is 3.01. The van der Waals surface area contributed by atoms with Gasteiger partial charge in [-0.05, 0) is 18.4 Å². The van der Waals surface area contributed by atoms with E-state index in [1.807, 2.05) is 0 Å². The molecular weight excluding hydrogens is 314 g/mol. The van der Waals surface area contributed by atoms with Crippen molar-refractivity contribution in [1.29, 1.82) is 0 Å². The van der Waals surface area contributed by atoms with Gasteiger partial charge >= 0.3 is 0 Å². The minimum absolute atomic E-state index is 0.0336. The summed E-state index contributed by atoms with van der Waals surface area (Å²) in [7, 11) is 0. The van der Waals surface area contributed by atoms with E-state index in [-0.39, 0.29) is 12.6 Å². The molecule has 0 spiro atoms. The van der Waals surface area contributed by atoms with E-state index >= 15 is 0 Å². The molecule has 0 amide bonds. The van der Waals surface area contributed by atoms with Gasteiger partial charge < -0.3 is 9.84 Å². The highest BCUT2D eigenvalue weighted by Crippen LogP contribution is 2.13. The first kappa shape index (κ1) is 24.2. The van der Waals surface area contributed by atoms with Crippen LogP contribution in [0.3, 0.4) is 0 Å². The molecule has 0 aliphatic rings. The summed E-state index contributed by atoms with van der Waals surface area (Å²) < 4.78 is 5.53. The molecule has 0 radical (unpaired) electrons. The van der Waals surface area contributed by atoms with E-state index in [0.29, 0.717) is 13.0 Å². The second-order valence-corrected chi connectivity index (χ2v) is 7.04. The molecule has 25 heavy (non-hydrogen) atoms. The topological polar surface area (TPSA) is 78.2 Å². The monoisotopic (exact) mass is 355 g/mol. The van der Waals surface area contributed by atoms with Crippen LogP contribution >= 0.6 is 0 Å². The quantitative estimate of drug-likeness (QED) is 0.116. The lowest BCUT2D eigenvalue weighted by atomic mass is 10.0. The summed E-state index contributed by atoms with van der Waals surface area (Å²) in [4.78, 5) is 2.78. The van der Waals surface area contributed by atoms with Crippen molar-refractivity contribution in [2.75, 3.05) is 19.8 Å². The van der Waals surface area contributed by atoms with E-state index in [1.165, 1.54) is 83.5 Å². The summed E-state index contributed by atoms with van der Waals surface area (Å²) in [5.41, 5.74) is 8.42. The lowest BCUT2D eigenvalue weighted by Gasteiger charge is -2.10. The van der Waals surface area contributed by atoms with Crippen LogP contribution in [-0.2, 0) is 4.74 Å². The van der Waals surface area contributed by atoms with Gasteiger partial charge in [-0.3, -0.25) is 0 Å². The zero-order valence-electron chi connectivity index (χ0n) is 16.5. The van der Waals surface area contributed by atoms with Gasteiger partial charge in [0.15, 0.2) is 0 Å². The van der Waals surface area contributed by atoms with E-state index in [0.717, 1.165) is 13.0 Å². The molecule has 1 atom stereocenters. The third-order valence-corrected chi connectivity index (χ3v) is 4.63. The standard InChI is InChI=1S/C20H41N3O2/c1-2-3-4-5-6-7-8-9-10-11-12-13-14-15-18-25-19-20(16-17-24)22-23-21/h20,24H,2-19H2,1H3/t20-/m0/s1. The van der Waals surface area contributed by atoms with Gasteiger partial charge in [-0.2, -0.15) is 0 Å². The van der Waals surface area contributed by atoms with Crippen LogP contribution in [0.5, 0.6) is 0 Å². The van der Waals surface area contributed by atoms with Crippen LogP contribution < -0.4 is 0 Å². The lowest BCUT2D eigenvalue weighted by Crippen LogP contribution is -2.15. The van der Waals surface area contributed by atoms with Crippen LogP contribution in [0.15, 0.2) is 5.11 Å². The average molecular weight is 356 g/mol. The molecule has 0 aromatic heterocycles. The Bertz CT molecular complexity index is 307. The number of azide groups is 1. The summed E-state index contributed by atoms with van der Waals surface area (Å²) in [6.07, 6.45) is 19.4. The predicted octanol–water partition coefficient (Wildman–Crippen LogP) is 6.55. The Labute approximate surface area is 155 Å². The maximum absolute atomic E-state index is 8.86. The SMILES string of the molecule is CCCCCCCCCCCCCCCCOC[C@H](CCO)N=[N+]=[N-]. The van der Waals surface area contributed by atoms with Crippen molar-refractivity contribution < 1.29 is 9.84 Å². The number of rotatable bonds is 20. The summed E-state index contributed by atoms with van der Waals surface area (Å²) in [5, 5.41) is 12.5. The highest BCUT2D eigenvalue weighted by molar-refractivity contribution is 4.65. The molecule has 1 N–H and O–H groups in total. The van der Waals surface area contributed by atoms with E-state index in [9.17, 15) is 0 Å². The van der Waals surface area contributed by atoms with Crippen LogP contribution in [0.1, 0.15) is 103 Å². The average Bonchev–Trinajstić information content (AvgIpc) is 2.61. The van der Waals surface area contributed by atoms with E-state index < -0.39 is 0 Å². The molecule has 0 rings (SSSR count). The normalized spacial score (nSPS) is 12.1. The highest BCUT2D eigenvalue weighted by Gasteiger charge is 2.05. The first-order valence-corrected chi connectivity index (χ1v) is 10.6. The Balaban J connectivity index is 3.17. The number of unbranched alkanes of at least 4 members (excludes halogenated alkanes) is 13. The molecule has 0 fully saturated rings. The molecule has 0 saturated heterocycles. The van der Waals surface area contributed by atoms with E-state index in [1.54, 1.807) is 0 Å². The van der Waals surface area contributed by atoms with Crippen molar-refractivity contribution in [3.63, 3.8) is 0 Å². The van der Waals surface area contributed by atoms with Gasteiger partial charge in [0.1, 0.15) is 0 Å². The fourth-order valence-electron chi connectivity index (χ4n) is 3.01. The second kappa shape index (κ2) is 21.3. The van der Waals surface area contributed by atoms with E-state index in [2.05, 4.69) is 16.9 Å². The van der Waals surface area contributed by atoms with Crippen LogP contribution in [0.25, 0.3) is 10.4 Å². The van der Waals surface area contributed by atoms with Crippen LogP contribution in [0.2, 0.25) is 0 Å². The summed E-state index contributed by atoms with van der Waals surface area (Å²) in [5.74, 6) is 0. The highest BCUT2D eigenvalue weighted by atomic mass is 16.5. The smallest absolute Gasteiger partial charge is 0.0629 e. The number of aliphatic hydroxyl groups is 1. The minimum Gasteiger partial charge on any atom is -0.396 e. The van der Waals surface area contributed by atoms with Gasteiger partial charge in [0.05, 0.1) is 12.6 Å². The number of hydrogen-bond donors (Lipinski definition) is 1. The van der Waals surface area contributed by atoms with Gasteiger partial charge in [-0.25, -0.2) is 0 Å². The van der Waals surface area contributed by atoms with Gasteiger partial charge in [-0.1, -0.05) is 95.5 Å². The zero-order chi connectivity index (χ0) is 18.4. The van der Waals surface area contributed by atoms with Gasteiger partial charge in [0.25, 0.3) is 0 Å². The van der Waals surface area contributed by atoms with Gasteiger partial charge in [-0.15, -0.1) is 0 Å². The predicted molar refractivity (Wildman–Crippen MR) is 106 cm³/mol. The van der Waals surface area contributed by atoms with Crippen LogP contribution in [-0.4, -0.2) is 31.0 Å². The second-order valence-electron chi connectivity index (χ2n) is 7.04. The minimum atomic E-state index is -0.235. The third-order valence-electron chi connectivity index (χ3n) is 4.63. The van der Waals surface area contributed by atoms with Crippen molar-refractivity contribution in [1.82, 2.24) is 0 Å². The Morgan fingerprint density at radius 3 is 1.76 bits per heavy atom. The Morgan fingerprint density at radius 2 is 1.32 bits per heavy atom. The van der Waals surface area contributed by atoms with E-state index in [4.69, 9.17) is 15.4 Å². The van der Waals surface area contributed by atoms with Crippen molar-refractivity contribution in [2.45, 2.75) is 109 Å². The maximum atomic E-state index is 8.86. The lowest BCUT2D eigenvalue weighted by molar-refractivity contribution is 0.109. The summed E-state index contributed by atoms with van der Waals surface area (Å²) in [6.45, 7) is 3.45. The molecule has 148 valence electrons. The van der Waals surface area contributed by atoms with Gasteiger partial charge in [0, 0.05) is 18.1 Å². The molecule has 0 aromatic carbocycles. The molecule has 0 aliphatic carbocycles. The molecular formula is C20H41N3O2. The first-order valence-electron chi connectivity index (χ1n) is 10.6. The number of aliphatic hydroxyl groups excluding tert-OH is 1. The molecule has 5 heteroatoms. The van der Waals surface area contributed by atoms with Crippen molar-refractivity contribution in [2.24, 2.45) is 5.11 Å². The summed E-state index contributed by atoms with van der Waals surface area (Å²) in [6, 6.07) is -0.235. The maximum Gasteiger partial charge on any atom is 0.0629 e. The molecule has 0 heterocycles. The van der Waals surface area contributed by atoms with Crippen LogP contribution in [0, 0.1) is 0 Å². The van der Waals surface area contributed by atoms with Gasteiger partial charge in [0.2, 0.25) is 0 Å². The zero-order valence-corrected chi connectivity index (χ0v) is 16.5. The van der Waals surface area contributed by atoms with Crippen molar-refractivity contribution in [3.8, 4) is 0 Å². The van der Waals surface area contributed by atoms with Crippen LogP contribution in [0.4, 0.5) is 0 Å². The number of nitrogens with zero attached hydrogens (tertiary/aromatic N) is 3. The fraction of sp³-hybridized carbons (Fsp3) is 1.00. The Morgan fingerprint density at radius 1 is 0.840 bits per heavy atom. The molecule has 0 bridgehead atoms. The first-order chi connectivity index (χ1) is 12.3. The van der Waals surface area contributed by atoms with Crippen molar-refractivity contribution in [3.05, 3.63) is 10.4 Å². The number of ether oxygens (including phenoxy) is 1.